The number of halogens is 1. The fourth-order valence-corrected chi connectivity index (χ4v) is 1.16. The van der Waals surface area contributed by atoms with Crippen LogP contribution in [0.25, 0.3) is 0 Å². The average Bonchev–Trinajstić information content (AvgIpc) is 2.08. The Morgan fingerprint density at radius 1 is 1.31 bits per heavy atom. The van der Waals surface area contributed by atoms with Gasteiger partial charge < -0.3 is 5.21 Å². The van der Waals surface area contributed by atoms with Crippen LogP contribution in [0.3, 0.4) is 0 Å². The van der Waals surface area contributed by atoms with E-state index in [1.807, 2.05) is 0 Å². The van der Waals surface area contributed by atoms with Crippen LogP contribution in [-0.2, 0) is 6.42 Å². The molecule has 0 amide bonds. The first-order valence-corrected chi connectivity index (χ1v) is 4.33. The molecule has 0 aromatic heterocycles. The Morgan fingerprint density at radius 3 is 2.46 bits per heavy atom. The van der Waals surface area contributed by atoms with Crippen LogP contribution < -0.4 is 0 Å². The molecule has 0 aliphatic heterocycles. The van der Waals surface area contributed by atoms with Crippen LogP contribution in [0.4, 0.5) is 4.39 Å². The van der Waals surface area contributed by atoms with Crippen LogP contribution in [-0.4, -0.2) is 23.9 Å². The molecule has 1 aromatic carbocycles. The molecular weight excluding hydrogens is 169 g/mol. The van der Waals surface area contributed by atoms with Gasteiger partial charge in [0.2, 0.25) is 0 Å². The summed E-state index contributed by atoms with van der Waals surface area (Å²) in [6, 6.07) is 6.45. The van der Waals surface area contributed by atoms with Crippen molar-refractivity contribution in [1.29, 1.82) is 0 Å². The van der Waals surface area contributed by atoms with E-state index in [2.05, 4.69) is 0 Å². The van der Waals surface area contributed by atoms with Gasteiger partial charge in [0, 0.05) is 13.6 Å². The minimum absolute atomic E-state index is 0.206. The predicted molar refractivity (Wildman–Crippen MR) is 49.1 cm³/mol. The maximum absolute atomic E-state index is 12.5. The molecule has 1 rings (SSSR count). The SMILES string of the molecule is CN(O)CCCc1ccc(F)cc1. The first-order valence-electron chi connectivity index (χ1n) is 4.33. The van der Waals surface area contributed by atoms with Gasteiger partial charge in [-0.2, -0.15) is 5.06 Å². The molecule has 0 aliphatic carbocycles. The zero-order valence-electron chi connectivity index (χ0n) is 7.70. The molecule has 0 spiro atoms. The van der Waals surface area contributed by atoms with Gasteiger partial charge in [-0.25, -0.2) is 4.39 Å². The Kier molecular flexibility index (Phi) is 3.86. The van der Waals surface area contributed by atoms with Gasteiger partial charge in [-0.15, -0.1) is 0 Å². The van der Waals surface area contributed by atoms with Crippen LogP contribution in [0.2, 0.25) is 0 Å². The number of hydrogen-bond donors (Lipinski definition) is 1. The largest absolute Gasteiger partial charge is 0.314 e. The molecule has 1 N–H and O–H groups in total. The fourth-order valence-electron chi connectivity index (χ4n) is 1.16. The molecule has 0 unspecified atom stereocenters. The molecule has 0 aliphatic rings. The van der Waals surface area contributed by atoms with Crippen LogP contribution in [0.15, 0.2) is 24.3 Å². The topological polar surface area (TPSA) is 23.5 Å². The zero-order valence-corrected chi connectivity index (χ0v) is 7.70. The first-order chi connectivity index (χ1) is 6.18. The van der Waals surface area contributed by atoms with Crippen molar-refractivity contribution in [3.63, 3.8) is 0 Å². The predicted octanol–water partition coefficient (Wildman–Crippen LogP) is 2.08. The molecular formula is C10H14FNO. The Balaban J connectivity index is 2.33. The smallest absolute Gasteiger partial charge is 0.123 e. The monoisotopic (exact) mass is 183 g/mol. The number of hydrogen-bond acceptors (Lipinski definition) is 2. The number of rotatable bonds is 4. The molecule has 0 bridgehead atoms. The van der Waals surface area contributed by atoms with E-state index in [0.29, 0.717) is 6.54 Å². The first kappa shape index (κ1) is 10.2. The fraction of sp³-hybridized carbons (Fsp3) is 0.400. The molecule has 0 radical (unpaired) electrons. The highest BCUT2D eigenvalue weighted by Gasteiger charge is 1.95. The molecule has 0 fully saturated rings. The molecule has 0 saturated heterocycles. The summed E-state index contributed by atoms with van der Waals surface area (Å²) in [6.07, 6.45) is 1.74. The summed E-state index contributed by atoms with van der Waals surface area (Å²) < 4.78 is 12.5. The Hall–Kier alpha value is -0.930. The molecule has 72 valence electrons. The quantitative estimate of drug-likeness (QED) is 0.722. The van der Waals surface area contributed by atoms with Gasteiger partial charge in [-0.3, -0.25) is 0 Å². The number of aryl methyl sites for hydroxylation is 1. The minimum Gasteiger partial charge on any atom is -0.314 e. The lowest BCUT2D eigenvalue weighted by atomic mass is 10.1. The van der Waals surface area contributed by atoms with Gasteiger partial charge >= 0.3 is 0 Å². The number of hydroxylamine groups is 2. The van der Waals surface area contributed by atoms with Gasteiger partial charge in [0.15, 0.2) is 0 Å². The Labute approximate surface area is 77.6 Å². The molecule has 3 heteroatoms. The Morgan fingerprint density at radius 2 is 1.92 bits per heavy atom. The second kappa shape index (κ2) is 4.94. The van der Waals surface area contributed by atoms with Crippen molar-refractivity contribution in [3.8, 4) is 0 Å². The van der Waals surface area contributed by atoms with Gasteiger partial charge in [0.25, 0.3) is 0 Å². The molecule has 13 heavy (non-hydrogen) atoms. The van der Waals surface area contributed by atoms with E-state index in [0.717, 1.165) is 23.5 Å². The lowest BCUT2D eigenvalue weighted by Crippen LogP contribution is -2.14. The van der Waals surface area contributed by atoms with E-state index >= 15 is 0 Å². The summed E-state index contributed by atoms with van der Waals surface area (Å²) in [5.74, 6) is -0.206. The zero-order chi connectivity index (χ0) is 9.68. The number of benzene rings is 1. The summed E-state index contributed by atoms with van der Waals surface area (Å²) in [6.45, 7) is 0.636. The van der Waals surface area contributed by atoms with E-state index < -0.39 is 0 Å². The highest BCUT2D eigenvalue weighted by atomic mass is 19.1. The van der Waals surface area contributed by atoms with Gasteiger partial charge in [-0.1, -0.05) is 12.1 Å². The number of nitrogens with zero attached hydrogens (tertiary/aromatic N) is 1. The van der Waals surface area contributed by atoms with Crippen LogP contribution >= 0.6 is 0 Å². The van der Waals surface area contributed by atoms with Crippen molar-refractivity contribution in [2.45, 2.75) is 12.8 Å². The second-order valence-electron chi connectivity index (χ2n) is 3.11. The van der Waals surface area contributed by atoms with Crippen molar-refractivity contribution in [3.05, 3.63) is 35.6 Å². The second-order valence-corrected chi connectivity index (χ2v) is 3.11. The summed E-state index contributed by atoms with van der Waals surface area (Å²) in [7, 11) is 1.62. The molecule has 2 nitrogen and oxygen atoms in total. The third-order valence-electron chi connectivity index (χ3n) is 1.86. The van der Waals surface area contributed by atoms with Gasteiger partial charge in [0.1, 0.15) is 5.82 Å². The minimum atomic E-state index is -0.206. The van der Waals surface area contributed by atoms with Crippen molar-refractivity contribution >= 4 is 0 Å². The maximum Gasteiger partial charge on any atom is 0.123 e. The van der Waals surface area contributed by atoms with Gasteiger partial charge in [0.05, 0.1) is 0 Å². The van der Waals surface area contributed by atoms with Crippen LogP contribution in [0.5, 0.6) is 0 Å². The van der Waals surface area contributed by atoms with Crippen molar-refractivity contribution in [1.82, 2.24) is 5.06 Å². The summed E-state index contributed by atoms with van der Waals surface area (Å²) >= 11 is 0. The third kappa shape index (κ3) is 4.01. The molecule has 0 saturated carbocycles. The normalized spacial score (nSPS) is 10.8. The van der Waals surface area contributed by atoms with E-state index in [-0.39, 0.29) is 5.82 Å². The highest BCUT2D eigenvalue weighted by molar-refractivity contribution is 5.15. The standard InChI is InChI=1S/C10H14FNO/c1-12(13)8-2-3-9-4-6-10(11)7-5-9/h4-7,13H,2-3,8H2,1H3. The van der Waals surface area contributed by atoms with Crippen molar-refractivity contribution in [2.75, 3.05) is 13.6 Å². The lowest BCUT2D eigenvalue weighted by molar-refractivity contribution is -0.0651. The summed E-state index contributed by atoms with van der Waals surface area (Å²) in [5, 5.41) is 10.0. The summed E-state index contributed by atoms with van der Waals surface area (Å²) in [4.78, 5) is 0. The van der Waals surface area contributed by atoms with Crippen LogP contribution in [0, 0.1) is 5.82 Å². The third-order valence-corrected chi connectivity index (χ3v) is 1.86. The van der Waals surface area contributed by atoms with E-state index in [1.54, 1.807) is 19.2 Å². The van der Waals surface area contributed by atoms with E-state index in [1.165, 1.54) is 12.1 Å². The molecule has 1 aromatic rings. The van der Waals surface area contributed by atoms with Crippen molar-refractivity contribution < 1.29 is 9.60 Å². The van der Waals surface area contributed by atoms with Gasteiger partial charge in [-0.05, 0) is 30.5 Å². The maximum atomic E-state index is 12.5. The summed E-state index contributed by atoms with van der Waals surface area (Å²) in [5.41, 5.74) is 1.10. The molecule has 0 heterocycles. The highest BCUT2D eigenvalue weighted by Crippen LogP contribution is 2.05. The van der Waals surface area contributed by atoms with E-state index in [9.17, 15) is 4.39 Å². The van der Waals surface area contributed by atoms with E-state index in [4.69, 9.17) is 5.21 Å². The lowest BCUT2D eigenvalue weighted by Gasteiger charge is -2.06. The average molecular weight is 183 g/mol. The molecule has 0 atom stereocenters. The van der Waals surface area contributed by atoms with Crippen LogP contribution in [0.1, 0.15) is 12.0 Å². The Bertz CT molecular complexity index is 246. The van der Waals surface area contributed by atoms with Crippen molar-refractivity contribution in [2.24, 2.45) is 0 Å².